The molecule has 0 aliphatic heterocycles. The van der Waals surface area contributed by atoms with Crippen molar-refractivity contribution in [1.82, 2.24) is 9.97 Å². The van der Waals surface area contributed by atoms with Crippen molar-refractivity contribution in [3.05, 3.63) is 59.9 Å². The minimum Gasteiger partial charge on any atom is -0.389 e. The third-order valence-electron chi connectivity index (χ3n) is 3.28. The summed E-state index contributed by atoms with van der Waals surface area (Å²) in [5.41, 5.74) is 9.42. The second-order valence-electron chi connectivity index (χ2n) is 4.76. The van der Waals surface area contributed by atoms with E-state index >= 15 is 0 Å². The Kier molecular flexibility index (Phi) is 3.50. The minimum absolute atomic E-state index is 0.317. The molecule has 104 valence electrons. The summed E-state index contributed by atoms with van der Waals surface area (Å²) in [7, 11) is 0. The molecule has 21 heavy (non-hydrogen) atoms. The van der Waals surface area contributed by atoms with E-state index in [-0.39, 0.29) is 0 Å². The zero-order valence-corrected chi connectivity index (χ0v) is 12.3. The summed E-state index contributed by atoms with van der Waals surface area (Å²) in [4.78, 5) is 9.07. The summed E-state index contributed by atoms with van der Waals surface area (Å²) < 4.78 is 0. The molecule has 0 saturated heterocycles. The second-order valence-corrected chi connectivity index (χ2v) is 5.20. The molecule has 0 spiro atoms. The van der Waals surface area contributed by atoms with Gasteiger partial charge in [0.15, 0.2) is 0 Å². The lowest BCUT2D eigenvalue weighted by Gasteiger charge is -2.13. The number of nitrogens with one attached hydrogen (secondary N) is 1. The third-order valence-corrected chi connectivity index (χ3v) is 3.50. The highest BCUT2D eigenvalue weighted by molar-refractivity contribution is 7.80. The maximum Gasteiger partial charge on any atom is 0.141 e. The van der Waals surface area contributed by atoms with Crippen LogP contribution in [-0.2, 0) is 0 Å². The predicted molar refractivity (Wildman–Crippen MR) is 89.9 cm³/mol. The smallest absolute Gasteiger partial charge is 0.141 e. The number of hydrogen-bond acceptors (Lipinski definition) is 4. The SMILES string of the molecule is Cc1ccncc1Nc1nc2ccccc2cc1C(N)=S. The Labute approximate surface area is 128 Å². The fourth-order valence-corrected chi connectivity index (χ4v) is 2.28. The van der Waals surface area contributed by atoms with E-state index in [9.17, 15) is 0 Å². The van der Waals surface area contributed by atoms with Crippen LogP contribution < -0.4 is 11.1 Å². The topological polar surface area (TPSA) is 63.8 Å². The Morgan fingerprint density at radius 1 is 1.24 bits per heavy atom. The molecule has 0 radical (unpaired) electrons. The zero-order chi connectivity index (χ0) is 14.8. The number of nitrogens with zero attached hydrogens (tertiary/aromatic N) is 2. The Hall–Kier alpha value is -2.53. The van der Waals surface area contributed by atoms with Crippen molar-refractivity contribution in [3.8, 4) is 0 Å². The maximum absolute atomic E-state index is 5.83. The Balaban J connectivity index is 2.14. The lowest BCUT2D eigenvalue weighted by atomic mass is 10.1. The Bertz CT molecular complexity index is 829. The van der Waals surface area contributed by atoms with E-state index in [4.69, 9.17) is 18.0 Å². The number of pyridine rings is 2. The molecule has 0 atom stereocenters. The summed E-state index contributed by atoms with van der Waals surface area (Å²) in [6.07, 6.45) is 3.51. The van der Waals surface area contributed by atoms with Crippen LogP contribution in [0.5, 0.6) is 0 Å². The van der Waals surface area contributed by atoms with Gasteiger partial charge in [0.05, 0.1) is 23.0 Å². The number of aryl methyl sites for hydroxylation is 1. The van der Waals surface area contributed by atoms with Gasteiger partial charge in [0.2, 0.25) is 0 Å². The van der Waals surface area contributed by atoms with Gasteiger partial charge in [-0.25, -0.2) is 4.98 Å². The van der Waals surface area contributed by atoms with Crippen LogP contribution in [0.3, 0.4) is 0 Å². The highest BCUT2D eigenvalue weighted by Gasteiger charge is 2.10. The van der Waals surface area contributed by atoms with Gasteiger partial charge < -0.3 is 11.1 Å². The molecule has 0 unspecified atom stereocenters. The summed E-state index contributed by atoms with van der Waals surface area (Å²) in [5.74, 6) is 0.650. The number of benzene rings is 1. The number of para-hydroxylation sites is 1. The first kappa shape index (κ1) is 13.5. The molecule has 2 heterocycles. The molecule has 0 aliphatic carbocycles. The molecule has 2 aromatic heterocycles. The molecule has 0 saturated carbocycles. The molecule has 5 heteroatoms. The molecule has 3 rings (SSSR count). The molecule has 0 fully saturated rings. The van der Waals surface area contributed by atoms with Crippen LogP contribution in [0.2, 0.25) is 0 Å². The van der Waals surface area contributed by atoms with Gasteiger partial charge in [-0.15, -0.1) is 0 Å². The van der Waals surface area contributed by atoms with Crippen LogP contribution in [0.1, 0.15) is 11.1 Å². The Morgan fingerprint density at radius 2 is 2.05 bits per heavy atom. The van der Waals surface area contributed by atoms with Crippen molar-refractivity contribution in [2.24, 2.45) is 5.73 Å². The van der Waals surface area contributed by atoms with Crippen molar-refractivity contribution in [2.75, 3.05) is 5.32 Å². The van der Waals surface area contributed by atoms with Crippen LogP contribution in [0.25, 0.3) is 10.9 Å². The van der Waals surface area contributed by atoms with Gasteiger partial charge >= 0.3 is 0 Å². The lowest BCUT2D eigenvalue weighted by molar-refractivity contribution is 1.26. The van der Waals surface area contributed by atoms with Gasteiger partial charge in [-0.05, 0) is 30.7 Å². The van der Waals surface area contributed by atoms with E-state index in [1.165, 1.54) is 0 Å². The minimum atomic E-state index is 0.317. The van der Waals surface area contributed by atoms with Crippen LogP contribution in [0.4, 0.5) is 11.5 Å². The molecular weight excluding hydrogens is 280 g/mol. The zero-order valence-electron chi connectivity index (χ0n) is 11.5. The third kappa shape index (κ3) is 2.68. The first-order valence-corrected chi connectivity index (χ1v) is 6.93. The largest absolute Gasteiger partial charge is 0.389 e. The standard InChI is InChI=1S/C16H14N4S/c1-10-6-7-18-9-14(10)20-16-12(15(17)21)8-11-4-2-3-5-13(11)19-16/h2-9H,1H3,(H2,17,21)(H,19,20). The van der Waals surface area contributed by atoms with Crippen molar-refractivity contribution in [2.45, 2.75) is 6.92 Å². The number of hydrogen-bond donors (Lipinski definition) is 2. The van der Waals surface area contributed by atoms with E-state index in [0.717, 1.165) is 27.7 Å². The van der Waals surface area contributed by atoms with Crippen LogP contribution in [-0.4, -0.2) is 15.0 Å². The van der Waals surface area contributed by atoms with E-state index in [2.05, 4.69) is 15.3 Å². The number of aromatic nitrogens is 2. The Morgan fingerprint density at radius 3 is 2.81 bits per heavy atom. The number of anilines is 2. The summed E-state index contributed by atoms with van der Waals surface area (Å²) >= 11 is 5.14. The van der Waals surface area contributed by atoms with E-state index < -0.39 is 0 Å². The molecule has 3 aromatic rings. The van der Waals surface area contributed by atoms with Gasteiger partial charge in [0.25, 0.3) is 0 Å². The molecule has 0 bridgehead atoms. The highest BCUT2D eigenvalue weighted by atomic mass is 32.1. The molecule has 3 N–H and O–H groups in total. The maximum atomic E-state index is 5.83. The van der Waals surface area contributed by atoms with E-state index in [1.807, 2.05) is 43.3 Å². The summed E-state index contributed by atoms with van der Waals surface area (Å²) in [6.45, 7) is 2.01. The van der Waals surface area contributed by atoms with Gasteiger partial charge in [-0.1, -0.05) is 30.4 Å². The van der Waals surface area contributed by atoms with Crippen molar-refractivity contribution < 1.29 is 0 Å². The summed E-state index contributed by atoms with van der Waals surface area (Å²) in [6, 6.07) is 11.8. The second kappa shape index (κ2) is 5.46. The fourth-order valence-electron chi connectivity index (χ4n) is 2.12. The number of thiocarbonyl (C=S) groups is 1. The fraction of sp³-hybridized carbons (Fsp3) is 0.0625. The van der Waals surface area contributed by atoms with Crippen LogP contribution in [0.15, 0.2) is 48.8 Å². The van der Waals surface area contributed by atoms with Crippen molar-refractivity contribution >= 4 is 39.6 Å². The van der Waals surface area contributed by atoms with Gasteiger partial charge in [0.1, 0.15) is 10.8 Å². The molecule has 0 amide bonds. The average molecular weight is 294 g/mol. The monoisotopic (exact) mass is 294 g/mol. The van der Waals surface area contributed by atoms with Gasteiger partial charge in [-0.2, -0.15) is 0 Å². The van der Waals surface area contributed by atoms with Crippen LogP contribution >= 0.6 is 12.2 Å². The van der Waals surface area contributed by atoms with E-state index in [0.29, 0.717) is 10.8 Å². The molecular formula is C16H14N4S. The highest BCUT2D eigenvalue weighted by Crippen LogP contribution is 2.24. The summed E-state index contributed by atoms with van der Waals surface area (Å²) in [5, 5.41) is 4.28. The van der Waals surface area contributed by atoms with Crippen LogP contribution in [0, 0.1) is 6.92 Å². The normalized spacial score (nSPS) is 10.5. The molecule has 0 aliphatic rings. The number of fused-ring (bicyclic) bond motifs is 1. The molecule has 4 nitrogen and oxygen atoms in total. The van der Waals surface area contributed by atoms with Gasteiger partial charge in [-0.3, -0.25) is 4.98 Å². The van der Waals surface area contributed by atoms with Crippen molar-refractivity contribution in [3.63, 3.8) is 0 Å². The van der Waals surface area contributed by atoms with Crippen molar-refractivity contribution in [1.29, 1.82) is 0 Å². The number of nitrogens with two attached hydrogens (primary N) is 1. The lowest BCUT2D eigenvalue weighted by Crippen LogP contribution is -2.13. The molecule has 1 aromatic carbocycles. The van der Waals surface area contributed by atoms with Gasteiger partial charge in [0, 0.05) is 11.6 Å². The average Bonchev–Trinajstić information content (AvgIpc) is 2.48. The quantitative estimate of drug-likeness (QED) is 0.726. The first-order valence-electron chi connectivity index (χ1n) is 6.52. The predicted octanol–water partition coefficient (Wildman–Crippen LogP) is 3.32. The van der Waals surface area contributed by atoms with E-state index in [1.54, 1.807) is 12.4 Å². The number of rotatable bonds is 3. The first-order chi connectivity index (χ1) is 10.1.